The highest BCUT2D eigenvalue weighted by Crippen LogP contribution is 2.22. The Bertz CT molecular complexity index is 380. The van der Waals surface area contributed by atoms with Crippen molar-refractivity contribution in [1.29, 1.82) is 0 Å². The second-order valence-corrected chi connectivity index (χ2v) is 4.79. The van der Waals surface area contributed by atoms with Crippen molar-refractivity contribution in [1.82, 2.24) is 4.98 Å². The van der Waals surface area contributed by atoms with E-state index < -0.39 is 6.10 Å². The molecule has 1 aromatic rings. The molecule has 1 saturated heterocycles. The summed E-state index contributed by atoms with van der Waals surface area (Å²) in [5, 5.41) is 9.61. The van der Waals surface area contributed by atoms with Crippen LogP contribution in [0.15, 0.2) is 18.3 Å². The molecule has 0 spiro atoms. The average Bonchev–Trinajstić information content (AvgIpc) is 2.39. The molecule has 0 aromatic carbocycles. The van der Waals surface area contributed by atoms with Gasteiger partial charge in [0.1, 0.15) is 5.82 Å². The van der Waals surface area contributed by atoms with Crippen molar-refractivity contribution in [2.24, 2.45) is 0 Å². The predicted molar refractivity (Wildman–Crippen MR) is 71.7 cm³/mol. The first-order valence-corrected chi connectivity index (χ1v) is 6.71. The Balaban J connectivity index is 2.08. The second kappa shape index (κ2) is 6.16. The summed E-state index contributed by atoms with van der Waals surface area (Å²) in [5.41, 5.74) is 0.915. The van der Waals surface area contributed by atoms with Crippen molar-refractivity contribution in [2.45, 2.75) is 38.9 Å². The molecule has 0 bridgehead atoms. The van der Waals surface area contributed by atoms with E-state index in [2.05, 4.69) is 9.88 Å². The smallest absolute Gasteiger partial charge is 0.128 e. The van der Waals surface area contributed by atoms with E-state index in [1.165, 1.54) is 0 Å². The highest BCUT2D eigenvalue weighted by Gasteiger charge is 2.21. The van der Waals surface area contributed by atoms with Crippen LogP contribution in [0, 0.1) is 0 Å². The Kier molecular flexibility index (Phi) is 4.55. The fourth-order valence-electron chi connectivity index (χ4n) is 2.38. The van der Waals surface area contributed by atoms with Crippen LogP contribution in [0.5, 0.6) is 0 Å². The van der Waals surface area contributed by atoms with Gasteiger partial charge in [0.15, 0.2) is 0 Å². The van der Waals surface area contributed by atoms with Crippen LogP contribution in [0.25, 0.3) is 0 Å². The highest BCUT2D eigenvalue weighted by atomic mass is 16.5. The molecule has 1 unspecified atom stereocenters. The van der Waals surface area contributed by atoms with Crippen molar-refractivity contribution in [2.75, 3.05) is 24.6 Å². The van der Waals surface area contributed by atoms with Gasteiger partial charge in [0.25, 0.3) is 0 Å². The molecule has 1 aliphatic rings. The molecule has 0 radical (unpaired) electrons. The summed E-state index contributed by atoms with van der Waals surface area (Å²) in [6, 6.07) is 3.83. The molecule has 4 nitrogen and oxygen atoms in total. The van der Waals surface area contributed by atoms with E-state index in [1.54, 1.807) is 13.1 Å². The van der Waals surface area contributed by atoms with Crippen molar-refractivity contribution in [3.8, 4) is 0 Å². The zero-order valence-corrected chi connectivity index (χ0v) is 11.2. The molecule has 1 aromatic heterocycles. The van der Waals surface area contributed by atoms with Gasteiger partial charge in [-0.3, -0.25) is 0 Å². The number of ether oxygens (including phenoxy) is 1. The largest absolute Gasteiger partial charge is 0.389 e. The maximum absolute atomic E-state index is 9.61. The molecular weight excluding hydrogens is 228 g/mol. The van der Waals surface area contributed by atoms with Gasteiger partial charge in [0, 0.05) is 25.9 Å². The number of nitrogens with zero attached hydrogens (tertiary/aromatic N) is 2. The van der Waals surface area contributed by atoms with Crippen LogP contribution in [-0.4, -0.2) is 35.9 Å². The number of rotatable bonds is 4. The number of hydrogen-bond donors (Lipinski definition) is 1. The van der Waals surface area contributed by atoms with Crippen molar-refractivity contribution < 1.29 is 9.84 Å². The van der Waals surface area contributed by atoms with E-state index in [0.29, 0.717) is 6.10 Å². The summed E-state index contributed by atoms with van der Waals surface area (Å²) in [6.07, 6.45) is 3.88. The molecule has 2 atom stereocenters. The van der Waals surface area contributed by atoms with Gasteiger partial charge in [-0.1, -0.05) is 0 Å². The van der Waals surface area contributed by atoms with Gasteiger partial charge < -0.3 is 14.7 Å². The molecule has 18 heavy (non-hydrogen) atoms. The molecular formula is C14H22N2O2. The van der Waals surface area contributed by atoms with Crippen molar-refractivity contribution in [3.05, 3.63) is 23.9 Å². The highest BCUT2D eigenvalue weighted by molar-refractivity contribution is 5.42. The number of anilines is 1. The van der Waals surface area contributed by atoms with Crippen molar-refractivity contribution >= 4 is 5.82 Å². The lowest BCUT2D eigenvalue weighted by Gasteiger charge is -2.33. The van der Waals surface area contributed by atoms with E-state index in [9.17, 15) is 5.11 Å². The van der Waals surface area contributed by atoms with Gasteiger partial charge in [-0.05, 0) is 44.4 Å². The number of pyridine rings is 1. The number of piperidine rings is 1. The minimum absolute atomic E-state index is 0.306. The van der Waals surface area contributed by atoms with Gasteiger partial charge >= 0.3 is 0 Å². The SMILES string of the molecule is CCOC1CCCN(c2cc([C@H](C)O)ccn2)C1. The normalized spacial score (nSPS) is 21.9. The lowest BCUT2D eigenvalue weighted by atomic mass is 10.1. The minimum Gasteiger partial charge on any atom is -0.389 e. The number of aromatic nitrogens is 1. The van der Waals surface area contributed by atoms with E-state index >= 15 is 0 Å². The summed E-state index contributed by atoms with van der Waals surface area (Å²) in [4.78, 5) is 6.65. The summed E-state index contributed by atoms with van der Waals surface area (Å²) in [7, 11) is 0. The third kappa shape index (κ3) is 3.21. The maximum Gasteiger partial charge on any atom is 0.128 e. The molecule has 1 fully saturated rings. The summed E-state index contributed by atoms with van der Waals surface area (Å²) in [5.74, 6) is 0.942. The molecule has 2 heterocycles. The van der Waals surface area contributed by atoms with Crippen LogP contribution in [0.2, 0.25) is 0 Å². The predicted octanol–water partition coefficient (Wildman–Crippen LogP) is 2.14. The lowest BCUT2D eigenvalue weighted by Crippen LogP contribution is -2.40. The Labute approximate surface area is 109 Å². The third-order valence-electron chi connectivity index (χ3n) is 3.36. The third-order valence-corrected chi connectivity index (χ3v) is 3.36. The van der Waals surface area contributed by atoms with E-state index in [0.717, 1.165) is 43.9 Å². The van der Waals surface area contributed by atoms with Crippen molar-refractivity contribution in [3.63, 3.8) is 0 Å². The first-order valence-electron chi connectivity index (χ1n) is 6.71. The van der Waals surface area contributed by atoms with Gasteiger partial charge in [-0.25, -0.2) is 4.98 Å². The van der Waals surface area contributed by atoms with Gasteiger partial charge in [0.2, 0.25) is 0 Å². The zero-order valence-electron chi connectivity index (χ0n) is 11.2. The summed E-state index contributed by atoms with van der Waals surface area (Å²) >= 11 is 0. The van der Waals surface area contributed by atoms with E-state index in [-0.39, 0.29) is 0 Å². The van der Waals surface area contributed by atoms with Crippen LogP contribution in [0.3, 0.4) is 0 Å². The summed E-state index contributed by atoms with van der Waals surface area (Å²) < 4.78 is 5.69. The Morgan fingerprint density at radius 3 is 3.17 bits per heavy atom. The quantitative estimate of drug-likeness (QED) is 0.889. The van der Waals surface area contributed by atoms with Gasteiger partial charge in [0.05, 0.1) is 12.2 Å². The lowest BCUT2D eigenvalue weighted by molar-refractivity contribution is 0.0525. The summed E-state index contributed by atoms with van der Waals surface area (Å²) in [6.45, 7) is 6.48. The van der Waals surface area contributed by atoms with Gasteiger partial charge in [-0.15, -0.1) is 0 Å². The Hall–Kier alpha value is -1.13. The average molecular weight is 250 g/mol. The van der Waals surface area contributed by atoms with Crippen LogP contribution in [-0.2, 0) is 4.74 Å². The van der Waals surface area contributed by atoms with Gasteiger partial charge in [-0.2, -0.15) is 0 Å². The van der Waals surface area contributed by atoms with E-state index in [4.69, 9.17) is 4.74 Å². The number of hydrogen-bond acceptors (Lipinski definition) is 4. The fourth-order valence-corrected chi connectivity index (χ4v) is 2.38. The molecule has 0 amide bonds. The number of aliphatic hydroxyl groups is 1. The Morgan fingerprint density at radius 1 is 1.61 bits per heavy atom. The van der Waals surface area contributed by atoms with E-state index in [1.807, 2.05) is 19.1 Å². The molecule has 0 aliphatic carbocycles. The monoisotopic (exact) mass is 250 g/mol. The van der Waals surface area contributed by atoms with Crippen LogP contribution in [0.4, 0.5) is 5.82 Å². The number of aliphatic hydroxyl groups excluding tert-OH is 1. The first kappa shape index (κ1) is 13.3. The molecule has 2 rings (SSSR count). The standard InChI is InChI=1S/C14H22N2O2/c1-3-18-13-5-4-8-16(10-13)14-9-12(11(2)17)6-7-15-14/h6-7,9,11,13,17H,3-5,8,10H2,1-2H3/t11-,13?/m0/s1. The molecule has 1 N–H and O–H groups in total. The minimum atomic E-state index is -0.445. The topological polar surface area (TPSA) is 45.6 Å². The van der Waals surface area contributed by atoms with Crippen LogP contribution >= 0.6 is 0 Å². The van der Waals surface area contributed by atoms with Crippen LogP contribution < -0.4 is 4.90 Å². The maximum atomic E-state index is 9.61. The molecule has 100 valence electrons. The fraction of sp³-hybridized carbons (Fsp3) is 0.643. The Morgan fingerprint density at radius 2 is 2.44 bits per heavy atom. The second-order valence-electron chi connectivity index (χ2n) is 4.79. The van der Waals surface area contributed by atoms with Crippen LogP contribution in [0.1, 0.15) is 38.4 Å². The zero-order chi connectivity index (χ0) is 13.0. The molecule has 0 saturated carbocycles. The molecule has 4 heteroatoms. The first-order chi connectivity index (χ1) is 8.70. The molecule has 1 aliphatic heterocycles.